The van der Waals surface area contributed by atoms with E-state index in [2.05, 4.69) is 47.6 Å². The van der Waals surface area contributed by atoms with Crippen LogP contribution >= 0.6 is 11.8 Å². The molecule has 18 heavy (non-hydrogen) atoms. The van der Waals surface area contributed by atoms with Crippen LogP contribution in [0, 0.1) is 6.92 Å². The first-order valence-corrected chi connectivity index (χ1v) is 7.21. The molecule has 0 saturated carbocycles. The van der Waals surface area contributed by atoms with Crippen LogP contribution < -0.4 is 5.32 Å². The number of rotatable bonds is 5. The highest BCUT2D eigenvalue weighted by molar-refractivity contribution is 7.97. The van der Waals surface area contributed by atoms with Gasteiger partial charge in [0.2, 0.25) is 0 Å². The SMILES string of the molecule is CNc1cccc(CSCc2ccccc2C)n1. The molecule has 0 fully saturated rings. The number of aryl methyl sites for hydroxylation is 1. The topological polar surface area (TPSA) is 24.9 Å². The number of hydrogen-bond acceptors (Lipinski definition) is 3. The molecule has 0 aliphatic carbocycles. The number of benzene rings is 1. The summed E-state index contributed by atoms with van der Waals surface area (Å²) in [5, 5.41) is 3.06. The van der Waals surface area contributed by atoms with Crippen LogP contribution in [0.2, 0.25) is 0 Å². The van der Waals surface area contributed by atoms with Crippen molar-refractivity contribution in [3.63, 3.8) is 0 Å². The van der Waals surface area contributed by atoms with Gasteiger partial charge in [-0.25, -0.2) is 4.98 Å². The summed E-state index contributed by atoms with van der Waals surface area (Å²) in [6.45, 7) is 2.16. The van der Waals surface area contributed by atoms with Gasteiger partial charge < -0.3 is 5.32 Å². The largest absolute Gasteiger partial charge is 0.373 e. The number of anilines is 1. The molecule has 1 heterocycles. The normalized spacial score (nSPS) is 10.3. The van der Waals surface area contributed by atoms with Crippen LogP contribution in [-0.2, 0) is 11.5 Å². The molecule has 2 rings (SSSR count). The van der Waals surface area contributed by atoms with Gasteiger partial charge in [0.1, 0.15) is 5.82 Å². The first-order valence-electron chi connectivity index (χ1n) is 6.05. The van der Waals surface area contributed by atoms with Crippen molar-refractivity contribution < 1.29 is 0 Å². The Hall–Kier alpha value is -1.48. The fourth-order valence-corrected chi connectivity index (χ4v) is 2.75. The Balaban J connectivity index is 1.90. The van der Waals surface area contributed by atoms with Gasteiger partial charge in [0, 0.05) is 18.6 Å². The van der Waals surface area contributed by atoms with E-state index < -0.39 is 0 Å². The van der Waals surface area contributed by atoms with Gasteiger partial charge >= 0.3 is 0 Å². The van der Waals surface area contributed by atoms with E-state index in [9.17, 15) is 0 Å². The Morgan fingerprint density at radius 2 is 1.89 bits per heavy atom. The number of aromatic nitrogens is 1. The third-order valence-electron chi connectivity index (χ3n) is 2.83. The first kappa shape index (κ1) is 13.0. The summed E-state index contributed by atoms with van der Waals surface area (Å²) >= 11 is 1.90. The third kappa shape index (κ3) is 3.50. The van der Waals surface area contributed by atoms with Crippen molar-refractivity contribution in [2.75, 3.05) is 12.4 Å². The average molecular weight is 258 g/mol. The Morgan fingerprint density at radius 1 is 1.06 bits per heavy atom. The molecule has 0 unspecified atom stereocenters. The number of nitrogens with one attached hydrogen (secondary N) is 1. The van der Waals surface area contributed by atoms with E-state index in [1.807, 2.05) is 30.9 Å². The van der Waals surface area contributed by atoms with Gasteiger partial charge in [-0.15, -0.1) is 0 Å². The maximum Gasteiger partial charge on any atom is 0.125 e. The zero-order chi connectivity index (χ0) is 12.8. The summed E-state index contributed by atoms with van der Waals surface area (Å²) in [5.41, 5.74) is 3.90. The second-order valence-electron chi connectivity index (χ2n) is 4.18. The quantitative estimate of drug-likeness (QED) is 0.881. The van der Waals surface area contributed by atoms with Crippen molar-refractivity contribution in [3.8, 4) is 0 Å². The molecule has 0 atom stereocenters. The van der Waals surface area contributed by atoms with Crippen LogP contribution in [0.3, 0.4) is 0 Å². The van der Waals surface area contributed by atoms with Crippen molar-refractivity contribution in [1.29, 1.82) is 0 Å². The molecule has 0 amide bonds. The molecule has 0 aliphatic rings. The molecular formula is C15H18N2S. The third-order valence-corrected chi connectivity index (χ3v) is 3.85. The number of pyridine rings is 1. The molecule has 1 N–H and O–H groups in total. The Labute approximate surface area is 113 Å². The first-order chi connectivity index (χ1) is 8.79. The predicted molar refractivity (Wildman–Crippen MR) is 80.0 cm³/mol. The fraction of sp³-hybridized carbons (Fsp3) is 0.267. The van der Waals surface area contributed by atoms with Crippen LogP contribution in [0.5, 0.6) is 0 Å². The van der Waals surface area contributed by atoms with Crippen LogP contribution in [-0.4, -0.2) is 12.0 Å². The van der Waals surface area contributed by atoms with Crippen LogP contribution in [0.1, 0.15) is 16.8 Å². The van der Waals surface area contributed by atoms with Crippen molar-refractivity contribution in [3.05, 3.63) is 59.3 Å². The maximum absolute atomic E-state index is 4.51. The average Bonchev–Trinajstić information content (AvgIpc) is 2.41. The van der Waals surface area contributed by atoms with Gasteiger partial charge in [-0.05, 0) is 30.2 Å². The van der Waals surface area contributed by atoms with E-state index in [4.69, 9.17) is 0 Å². The summed E-state index contributed by atoms with van der Waals surface area (Å²) in [6.07, 6.45) is 0. The van der Waals surface area contributed by atoms with Gasteiger partial charge in [-0.2, -0.15) is 11.8 Å². The summed E-state index contributed by atoms with van der Waals surface area (Å²) in [7, 11) is 1.90. The zero-order valence-corrected chi connectivity index (χ0v) is 11.6. The Bertz CT molecular complexity index is 511. The minimum absolute atomic E-state index is 0.934. The van der Waals surface area contributed by atoms with Gasteiger partial charge in [0.15, 0.2) is 0 Å². The van der Waals surface area contributed by atoms with E-state index >= 15 is 0 Å². The molecule has 0 bridgehead atoms. The molecule has 1 aromatic heterocycles. The highest BCUT2D eigenvalue weighted by Gasteiger charge is 2.00. The van der Waals surface area contributed by atoms with Gasteiger partial charge in [-0.1, -0.05) is 30.3 Å². The standard InChI is InChI=1S/C15H18N2S/c1-12-6-3-4-7-13(12)10-18-11-14-8-5-9-15(16-2)17-14/h3-9H,10-11H2,1-2H3,(H,16,17). The van der Waals surface area contributed by atoms with Crippen molar-refractivity contribution in [2.45, 2.75) is 18.4 Å². The molecule has 3 heteroatoms. The van der Waals surface area contributed by atoms with E-state index in [0.717, 1.165) is 23.0 Å². The summed E-state index contributed by atoms with van der Waals surface area (Å²) < 4.78 is 0. The highest BCUT2D eigenvalue weighted by atomic mass is 32.2. The molecule has 94 valence electrons. The summed E-state index contributed by atoms with van der Waals surface area (Å²) in [4.78, 5) is 4.51. The van der Waals surface area contributed by atoms with Crippen LogP contribution in [0.25, 0.3) is 0 Å². The Morgan fingerprint density at radius 3 is 2.67 bits per heavy atom. The monoisotopic (exact) mass is 258 g/mol. The second-order valence-corrected chi connectivity index (χ2v) is 5.17. The molecule has 1 aromatic carbocycles. The summed E-state index contributed by atoms with van der Waals surface area (Å²) in [6, 6.07) is 14.6. The molecule has 2 aromatic rings. The van der Waals surface area contributed by atoms with E-state index in [1.165, 1.54) is 11.1 Å². The number of nitrogens with zero attached hydrogens (tertiary/aromatic N) is 1. The molecule has 0 radical (unpaired) electrons. The van der Waals surface area contributed by atoms with Crippen LogP contribution in [0.15, 0.2) is 42.5 Å². The smallest absolute Gasteiger partial charge is 0.125 e. The van der Waals surface area contributed by atoms with Gasteiger partial charge in [0.05, 0.1) is 5.69 Å². The fourth-order valence-electron chi connectivity index (χ4n) is 1.74. The lowest BCUT2D eigenvalue weighted by Gasteiger charge is -2.06. The molecule has 0 saturated heterocycles. The number of hydrogen-bond donors (Lipinski definition) is 1. The summed E-state index contributed by atoms with van der Waals surface area (Å²) in [5.74, 6) is 2.92. The van der Waals surface area contributed by atoms with Crippen LogP contribution in [0.4, 0.5) is 5.82 Å². The molecular weight excluding hydrogens is 240 g/mol. The maximum atomic E-state index is 4.51. The van der Waals surface area contributed by atoms with Gasteiger partial charge in [0.25, 0.3) is 0 Å². The highest BCUT2D eigenvalue weighted by Crippen LogP contribution is 2.19. The molecule has 0 aliphatic heterocycles. The lowest BCUT2D eigenvalue weighted by atomic mass is 10.1. The second kappa shape index (κ2) is 6.45. The van der Waals surface area contributed by atoms with Crippen molar-refractivity contribution in [2.24, 2.45) is 0 Å². The molecule has 2 nitrogen and oxygen atoms in total. The van der Waals surface area contributed by atoms with E-state index in [1.54, 1.807) is 0 Å². The lowest BCUT2D eigenvalue weighted by Crippen LogP contribution is -1.95. The van der Waals surface area contributed by atoms with E-state index in [-0.39, 0.29) is 0 Å². The van der Waals surface area contributed by atoms with Crippen molar-refractivity contribution >= 4 is 17.6 Å². The predicted octanol–water partition coefficient (Wildman–Crippen LogP) is 3.87. The minimum atomic E-state index is 0.934. The minimum Gasteiger partial charge on any atom is -0.373 e. The Kier molecular flexibility index (Phi) is 4.65. The number of thioether (sulfide) groups is 1. The lowest BCUT2D eigenvalue weighted by molar-refractivity contribution is 1.16. The molecule has 0 spiro atoms. The van der Waals surface area contributed by atoms with Gasteiger partial charge in [-0.3, -0.25) is 0 Å². The van der Waals surface area contributed by atoms with E-state index in [0.29, 0.717) is 0 Å². The van der Waals surface area contributed by atoms with Crippen molar-refractivity contribution in [1.82, 2.24) is 4.98 Å². The zero-order valence-electron chi connectivity index (χ0n) is 10.8.